The third-order valence-corrected chi connectivity index (χ3v) is 9.54. The molecule has 3 aliphatic rings. The van der Waals surface area contributed by atoms with Gasteiger partial charge in [0.15, 0.2) is 9.84 Å². The van der Waals surface area contributed by atoms with E-state index in [2.05, 4.69) is 19.9 Å². The molecular weight excluding hydrogens is 332 g/mol. The zero-order valence-electron chi connectivity index (χ0n) is 15.6. The number of hydrogen-bond donors (Lipinski definition) is 1. The SMILES string of the molecule is CCc1cc2c(cc1O)CC[C@@H]1[C@@H]2CC[C@@]2(C)[C@H]1CC[C@@H]2S(C)(=O)=O. The van der Waals surface area contributed by atoms with Gasteiger partial charge in [0.2, 0.25) is 0 Å². The van der Waals surface area contributed by atoms with Gasteiger partial charge >= 0.3 is 0 Å². The Morgan fingerprint density at radius 3 is 2.64 bits per heavy atom. The van der Waals surface area contributed by atoms with E-state index in [1.54, 1.807) is 0 Å². The normalized spacial score (nSPS) is 37.2. The first-order chi connectivity index (χ1) is 11.8. The molecule has 1 aromatic rings. The monoisotopic (exact) mass is 362 g/mol. The predicted octanol–water partition coefficient (Wildman–Crippen LogP) is 4.22. The fourth-order valence-corrected chi connectivity index (χ4v) is 8.43. The molecule has 0 aromatic heterocycles. The second kappa shape index (κ2) is 5.73. The van der Waals surface area contributed by atoms with E-state index in [1.165, 1.54) is 17.4 Å². The fourth-order valence-electron chi connectivity index (χ4n) is 6.59. The maximum absolute atomic E-state index is 12.3. The summed E-state index contributed by atoms with van der Waals surface area (Å²) in [4.78, 5) is 0. The van der Waals surface area contributed by atoms with Gasteiger partial charge < -0.3 is 5.11 Å². The fraction of sp³-hybridized carbons (Fsp3) is 0.714. The van der Waals surface area contributed by atoms with E-state index in [-0.39, 0.29) is 10.7 Å². The zero-order chi connectivity index (χ0) is 18.0. The van der Waals surface area contributed by atoms with Crippen LogP contribution in [-0.4, -0.2) is 25.0 Å². The number of aromatic hydroxyl groups is 1. The van der Waals surface area contributed by atoms with Gasteiger partial charge in [0.1, 0.15) is 5.75 Å². The van der Waals surface area contributed by atoms with Gasteiger partial charge in [0, 0.05) is 6.26 Å². The average Bonchev–Trinajstić information content (AvgIpc) is 2.91. The highest BCUT2D eigenvalue weighted by atomic mass is 32.2. The minimum absolute atomic E-state index is 0.0449. The van der Waals surface area contributed by atoms with E-state index < -0.39 is 9.84 Å². The summed E-state index contributed by atoms with van der Waals surface area (Å²) in [6.45, 7) is 4.34. The minimum atomic E-state index is -2.98. The first-order valence-corrected chi connectivity index (χ1v) is 11.7. The van der Waals surface area contributed by atoms with Crippen LogP contribution in [0, 0.1) is 17.3 Å². The van der Waals surface area contributed by atoms with Crippen molar-refractivity contribution in [1.82, 2.24) is 0 Å². The zero-order valence-corrected chi connectivity index (χ0v) is 16.4. The Bertz CT molecular complexity index is 798. The Labute approximate surface area is 151 Å². The van der Waals surface area contributed by atoms with Crippen LogP contribution in [0.4, 0.5) is 0 Å². The Morgan fingerprint density at radius 1 is 1.20 bits per heavy atom. The maximum Gasteiger partial charge on any atom is 0.150 e. The van der Waals surface area contributed by atoms with E-state index in [9.17, 15) is 13.5 Å². The van der Waals surface area contributed by atoms with Crippen molar-refractivity contribution >= 4 is 9.84 Å². The molecule has 4 rings (SSSR count). The molecule has 0 aliphatic heterocycles. The molecule has 138 valence electrons. The molecule has 4 heteroatoms. The summed E-state index contributed by atoms with van der Waals surface area (Å²) >= 11 is 0. The second-order valence-electron chi connectivity index (χ2n) is 8.89. The highest BCUT2D eigenvalue weighted by molar-refractivity contribution is 7.91. The molecule has 5 atom stereocenters. The van der Waals surface area contributed by atoms with E-state index in [0.717, 1.165) is 50.5 Å². The predicted molar refractivity (Wildman–Crippen MR) is 101 cm³/mol. The van der Waals surface area contributed by atoms with Crippen LogP contribution in [0.2, 0.25) is 0 Å². The highest BCUT2D eigenvalue weighted by Gasteiger charge is 2.57. The molecule has 0 amide bonds. The van der Waals surface area contributed by atoms with Gasteiger partial charge in [0.25, 0.3) is 0 Å². The molecule has 0 unspecified atom stereocenters. The lowest BCUT2D eigenvalue weighted by Gasteiger charge is -2.50. The number of phenolic OH excluding ortho intramolecular Hbond substituents is 1. The van der Waals surface area contributed by atoms with Crippen molar-refractivity contribution in [2.24, 2.45) is 17.3 Å². The summed E-state index contributed by atoms with van der Waals surface area (Å²) < 4.78 is 24.7. The van der Waals surface area contributed by atoms with Crippen LogP contribution in [0.15, 0.2) is 12.1 Å². The van der Waals surface area contributed by atoms with Crippen LogP contribution in [-0.2, 0) is 22.7 Å². The first-order valence-electron chi connectivity index (χ1n) is 9.79. The van der Waals surface area contributed by atoms with Crippen LogP contribution in [0.5, 0.6) is 5.75 Å². The molecule has 3 nitrogen and oxygen atoms in total. The summed E-state index contributed by atoms with van der Waals surface area (Å²) in [6.07, 6.45) is 8.44. The molecule has 1 aromatic carbocycles. The van der Waals surface area contributed by atoms with Gasteiger partial charge in [-0.3, -0.25) is 0 Å². The smallest absolute Gasteiger partial charge is 0.150 e. The molecule has 0 saturated heterocycles. The number of benzene rings is 1. The Kier molecular flexibility index (Phi) is 3.99. The molecule has 2 fully saturated rings. The molecule has 0 radical (unpaired) electrons. The van der Waals surface area contributed by atoms with E-state index in [1.807, 2.05) is 6.07 Å². The van der Waals surface area contributed by atoms with Crippen molar-refractivity contribution in [2.45, 2.75) is 70.0 Å². The van der Waals surface area contributed by atoms with Crippen LogP contribution < -0.4 is 0 Å². The Hall–Kier alpha value is -1.03. The van der Waals surface area contributed by atoms with Crippen molar-refractivity contribution in [1.29, 1.82) is 0 Å². The average molecular weight is 363 g/mol. The Morgan fingerprint density at radius 2 is 1.96 bits per heavy atom. The standard InChI is InChI=1S/C21H30O3S/c1-4-13-11-17-14(12-19(13)22)5-6-16-15(17)9-10-21(2)18(16)7-8-20(21)25(3,23)24/h11-12,15-16,18,20,22H,4-10H2,1-3H3/t15-,16+,18-,20-,21-/m0/s1. The van der Waals surface area contributed by atoms with Crippen LogP contribution in [0.1, 0.15) is 68.6 Å². The number of aryl methyl sites for hydroxylation is 2. The van der Waals surface area contributed by atoms with Gasteiger partial charge in [-0.25, -0.2) is 8.42 Å². The van der Waals surface area contributed by atoms with Gasteiger partial charge in [-0.15, -0.1) is 0 Å². The summed E-state index contributed by atoms with van der Waals surface area (Å²) in [6, 6.07) is 4.24. The topological polar surface area (TPSA) is 54.4 Å². The number of hydrogen-bond acceptors (Lipinski definition) is 3. The lowest BCUT2D eigenvalue weighted by Crippen LogP contribution is -2.46. The lowest BCUT2D eigenvalue weighted by atomic mass is 9.55. The van der Waals surface area contributed by atoms with Crippen LogP contribution in [0.3, 0.4) is 0 Å². The van der Waals surface area contributed by atoms with Crippen LogP contribution in [0.25, 0.3) is 0 Å². The van der Waals surface area contributed by atoms with E-state index in [0.29, 0.717) is 23.5 Å². The third kappa shape index (κ3) is 2.55. The minimum Gasteiger partial charge on any atom is -0.508 e. The van der Waals surface area contributed by atoms with E-state index >= 15 is 0 Å². The molecule has 0 spiro atoms. The van der Waals surface area contributed by atoms with Crippen molar-refractivity contribution in [2.75, 3.05) is 6.26 Å². The first kappa shape index (κ1) is 17.4. The molecule has 0 bridgehead atoms. The van der Waals surface area contributed by atoms with Crippen molar-refractivity contribution in [3.05, 3.63) is 28.8 Å². The van der Waals surface area contributed by atoms with Crippen molar-refractivity contribution in [3.63, 3.8) is 0 Å². The Balaban J connectivity index is 1.71. The highest BCUT2D eigenvalue weighted by Crippen LogP contribution is 2.62. The molecule has 2 saturated carbocycles. The largest absolute Gasteiger partial charge is 0.508 e. The molecule has 0 heterocycles. The van der Waals surface area contributed by atoms with Gasteiger partial charge in [-0.1, -0.05) is 19.9 Å². The lowest BCUT2D eigenvalue weighted by molar-refractivity contribution is 0.0616. The molecule has 25 heavy (non-hydrogen) atoms. The number of fused-ring (bicyclic) bond motifs is 5. The third-order valence-electron chi connectivity index (χ3n) is 7.73. The summed E-state index contributed by atoms with van der Waals surface area (Å²) in [7, 11) is -2.98. The number of sulfone groups is 1. The maximum atomic E-state index is 12.3. The quantitative estimate of drug-likeness (QED) is 0.857. The van der Waals surface area contributed by atoms with Crippen LogP contribution >= 0.6 is 0 Å². The molecule has 1 N–H and O–H groups in total. The van der Waals surface area contributed by atoms with Crippen molar-refractivity contribution < 1.29 is 13.5 Å². The van der Waals surface area contributed by atoms with Crippen molar-refractivity contribution in [3.8, 4) is 5.75 Å². The summed E-state index contributed by atoms with van der Waals surface area (Å²) in [5, 5.41) is 10.1. The number of rotatable bonds is 2. The van der Waals surface area contributed by atoms with Gasteiger partial charge in [-0.2, -0.15) is 0 Å². The van der Waals surface area contributed by atoms with Gasteiger partial charge in [-0.05, 0) is 90.9 Å². The summed E-state index contributed by atoms with van der Waals surface area (Å²) in [5.74, 6) is 2.12. The second-order valence-corrected chi connectivity index (χ2v) is 11.1. The van der Waals surface area contributed by atoms with E-state index in [4.69, 9.17) is 0 Å². The van der Waals surface area contributed by atoms with Gasteiger partial charge in [0.05, 0.1) is 5.25 Å². The molecule has 3 aliphatic carbocycles. The number of phenols is 1. The molecular formula is C21H30O3S. The summed E-state index contributed by atoms with van der Waals surface area (Å²) in [5.41, 5.74) is 3.76.